The Kier molecular flexibility index (Phi) is 19.0. The number of hydrogen-bond acceptors (Lipinski definition) is 1. The molecule has 1 atom stereocenters. The molecule has 0 aliphatic heterocycles. The maximum Gasteiger partial charge on any atom is 1.00 e. The summed E-state index contributed by atoms with van der Waals surface area (Å²) in [4.78, 5) is 0. The molecular weight excluding hydrogens is 280 g/mol. The van der Waals surface area contributed by atoms with E-state index in [1.807, 2.05) is 0 Å². The Morgan fingerprint density at radius 3 is 2.08 bits per heavy atom. The number of unbranched alkanes of at least 4 members (excludes halogenated alkanes) is 2. The Balaban J connectivity index is -0.000000405. The summed E-state index contributed by atoms with van der Waals surface area (Å²) in [6.45, 7) is 8.24. The van der Waals surface area contributed by atoms with Crippen LogP contribution < -0.4 is 57.1 Å². The molecule has 1 unspecified atom stereocenters. The Hall–Kier alpha value is 2.40. The van der Waals surface area contributed by atoms with Gasteiger partial charge < -0.3 is 12.7 Å². The van der Waals surface area contributed by atoms with Gasteiger partial charge in [0.15, 0.2) is 0 Å². The van der Waals surface area contributed by atoms with E-state index in [0.717, 1.165) is 12.8 Å². The normalized spacial score (nSPS) is 14.0. The molecule has 0 aromatic carbocycles. The molecule has 0 bridgehead atoms. The summed E-state index contributed by atoms with van der Waals surface area (Å²) in [5.41, 5.74) is 5.69. The fraction of sp³-hybridized carbons (Fsp3) is 0.889. The van der Waals surface area contributed by atoms with Crippen molar-refractivity contribution < 1.29 is 51.4 Å². The fourth-order valence-corrected chi connectivity index (χ4v) is 0.904. The SMILES string of the molecule is [CH2-]C(N)(CC)CCCCC.[K+].[Sn]. The monoisotopic (exact) mass is 301 g/mol. The second-order valence-electron chi connectivity index (χ2n) is 3.17. The molecule has 3 heteroatoms. The maximum atomic E-state index is 5.85. The summed E-state index contributed by atoms with van der Waals surface area (Å²) in [7, 11) is 0. The third-order valence-corrected chi connectivity index (χ3v) is 1.98. The van der Waals surface area contributed by atoms with E-state index in [1.54, 1.807) is 0 Å². The molecule has 0 amide bonds. The number of hydrogen-bond donors (Lipinski definition) is 1. The molecule has 0 aromatic heterocycles. The molecule has 0 saturated carbocycles. The van der Waals surface area contributed by atoms with Gasteiger partial charge in [-0.05, 0) is 0 Å². The summed E-state index contributed by atoms with van der Waals surface area (Å²) < 4.78 is 0. The molecule has 4 radical (unpaired) electrons. The topological polar surface area (TPSA) is 26.0 Å². The molecular formula is C9H20KNSn. The van der Waals surface area contributed by atoms with Crippen LogP contribution in [-0.2, 0) is 0 Å². The van der Waals surface area contributed by atoms with Crippen molar-refractivity contribution in [2.75, 3.05) is 0 Å². The van der Waals surface area contributed by atoms with Gasteiger partial charge in [0.05, 0.1) is 0 Å². The Bertz CT molecular complexity index is 86.6. The van der Waals surface area contributed by atoms with Gasteiger partial charge in [0.2, 0.25) is 0 Å². The fourth-order valence-electron chi connectivity index (χ4n) is 0.904. The molecule has 0 saturated heterocycles. The predicted octanol–water partition coefficient (Wildman–Crippen LogP) is -0.869. The largest absolute Gasteiger partial charge is 1.00 e. The van der Waals surface area contributed by atoms with Crippen molar-refractivity contribution in [2.45, 2.75) is 51.5 Å². The van der Waals surface area contributed by atoms with Crippen molar-refractivity contribution in [1.82, 2.24) is 0 Å². The first kappa shape index (κ1) is 19.9. The van der Waals surface area contributed by atoms with Crippen LogP contribution in [0, 0.1) is 6.92 Å². The molecule has 0 aliphatic rings. The van der Waals surface area contributed by atoms with Crippen LogP contribution in [0.25, 0.3) is 0 Å². The van der Waals surface area contributed by atoms with Crippen LogP contribution in [0.5, 0.6) is 0 Å². The molecule has 0 aromatic rings. The summed E-state index contributed by atoms with van der Waals surface area (Å²) in [5, 5.41) is 0. The van der Waals surface area contributed by atoms with Gasteiger partial charge in [-0.25, -0.2) is 0 Å². The van der Waals surface area contributed by atoms with Crippen molar-refractivity contribution in [1.29, 1.82) is 0 Å². The number of nitrogens with two attached hydrogens (primary N) is 1. The van der Waals surface area contributed by atoms with E-state index in [2.05, 4.69) is 20.8 Å². The minimum atomic E-state index is -0.158. The van der Waals surface area contributed by atoms with Gasteiger partial charge in [-0.3, -0.25) is 0 Å². The van der Waals surface area contributed by atoms with Gasteiger partial charge in [-0.2, -0.15) is 0 Å². The van der Waals surface area contributed by atoms with Crippen LogP contribution in [0.2, 0.25) is 0 Å². The van der Waals surface area contributed by atoms with Crippen molar-refractivity contribution >= 4 is 23.9 Å². The van der Waals surface area contributed by atoms with E-state index in [-0.39, 0.29) is 80.8 Å². The van der Waals surface area contributed by atoms with Crippen molar-refractivity contribution in [3.63, 3.8) is 0 Å². The summed E-state index contributed by atoms with van der Waals surface area (Å²) in [6.07, 6.45) is 5.83. The third-order valence-electron chi connectivity index (χ3n) is 1.98. The Morgan fingerprint density at radius 1 is 1.25 bits per heavy atom. The van der Waals surface area contributed by atoms with Gasteiger partial charge in [-0.1, -0.05) is 46.0 Å². The Labute approximate surface area is 137 Å². The second-order valence-corrected chi connectivity index (χ2v) is 3.17. The van der Waals surface area contributed by atoms with E-state index in [0.29, 0.717) is 0 Å². The first-order valence-corrected chi connectivity index (χ1v) is 4.26. The quantitative estimate of drug-likeness (QED) is 0.399. The van der Waals surface area contributed by atoms with Crippen LogP contribution in [-0.4, -0.2) is 29.4 Å². The number of rotatable bonds is 5. The van der Waals surface area contributed by atoms with E-state index in [1.165, 1.54) is 19.3 Å². The van der Waals surface area contributed by atoms with Crippen LogP contribution in [0.15, 0.2) is 0 Å². The molecule has 12 heavy (non-hydrogen) atoms. The van der Waals surface area contributed by atoms with E-state index < -0.39 is 0 Å². The minimum Gasteiger partial charge on any atom is -0.354 e. The molecule has 0 aliphatic carbocycles. The van der Waals surface area contributed by atoms with E-state index in [9.17, 15) is 0 Å². The summed E-state index contributed by atoms with van der Waals surface area (Å²) in [5.74, 6) is 0. The molecule has 1 nitrogen and oxygen atoms in total. The molecule has 66 valence electrons. The summed E-state index contributed by atoms with van der Waals surface area (Å²) in [6, 6.07) is 0. The van der Waals surface area contributed by atoms with Crippen LogP contribution in [0.3, 0.4) is 0 Å². The molecule has 2 N–H and O–H groups in total. The molecule has 0 rings (SSSR count). The van der Waals surface area contributed by atoms with E-state index in [4.69, 9.17) is 5.73 Å². The van der Waals surface area contributed by atoms with Gasteiger partial charge in [0.1, 0.15) is 0 Å². The first-order chi connectivity index (χ1) is 4.62. The average molecular weight is 300 g/mol. The van der Waals surface area contributed by atoms with Gasteiger partial charge in [0.25, 0.3) is 0 Å². The summed E-state index contributed by atoms with van der Waals surface area (Å²) >= 11 is 0. The zero-order chi connectivity index (χ0) is 8.04. The minimum absolute atomic E-state index is 0. The van der Waals surface area contributed by atoms with Crippen molar-refractivity contribution in [3.05, 3.63) is 6.92 Å². The second kappa shape index (κ2) is 11.5. The standard InChI is InChI=1S/C9H20N.K.Sn/c1-4-6-7-8-9(3,10)5-2;;/h3-8,10H2,1-2H3;;/q-1;+1;. The maximum absolute atomic E-state index is 5.85. The predicted molar refractivity (Wildman–Crippen MR) is 52.5 cm³/mol. The zero-order valence-corrected chi connectivity index (χ0v) is 14.8. The first-order valence-electron chi connectivity index (χ1n) is 4.26. The third kappa shape index (κ3) is 12.4. The van der Waals surface area contributed by atoms with Gasteiger partial charge in [0, 0.05) is 23.9 Å². The average Bonchev–Trinajstić information content (AvgIpc) is 1.89. The smallest absolute Gasteiger partial charge is 0.354 e. The van der Waals surface area contributed by atoms with E-state index >= 15 is 0 Å². The van der Waals surface area contributed by atoms with Crippen LogP contribution in [0.1, 0.15) is 46.0 Å². The van der Waals surface area contributed by atoms with Crippen molar-refractivity contribution in [2.24, 2.45) is 5.73 Å². The van der Waals surface area contributed by atoms with Gasteiger partial charge >= 0.3 is 51.4 Å². The van der Waals surface area contributed by atoms with Gasteiger partial charge in [-0.15, -0.1) is 5.54 Å². The molecule has 0 fully saturated rings. The Morgan fingerprint density at radius 2 is 1.75 bits per heavy atom. The molecule has 0 heterocycles. The molecule has 0 spiro atoms. The zero-order valence-electron chi connectivity index (χ0n) is 8.82. The van der Waals surface area contributed by atoms with Crippen LogP contribution in [0.4, 0.5) is 0 Å². The van der Waals surface area contributed by atoms with Crippen LogP contribution >= 0.6 is 0 Å². The van der Waals surface area contributed by atoms with Crippen molar-refractivity contribution in [3.8, 4) is 0 Å².